The molecular weight excluding hydrogens is 298 g/mol. The third kappa shape index (κ3) is 6.65. The lowest BCUT2D eigenvalue weighted by Gasteiger charge is -2.22. The number of carbonyl (C=O) groups is 2. The topological polar surface area (TPSA) is 100 Å². The highest BCUT2D eigenvalue weighted by atomic mass is 16.4. The lowest BCUT2D eigenvalue weighted by atomic mass is 9.98. The van der Waals surface area contributed by atoms with Crippen LogP contribution in [0.2, 0.25) is 0 Å². The van der Waals surface area contributed by atoms with Crippen LogP contribution in [0.5, 0.6) is 0 Å². The smallest absolute Gasteiger partial charge is 0.300 e. The Kier molecular flexibility index (Phi) is 7.47. The maximum absolute atomic E-state index is 12.0. The summed E-state index contributed by atoms with van der Waals surface area (Å²) in [5.74, 6) is -0.585. The van der Waals surface area contributed by atoms with E-state index in [1.54, 1.807) is 10.8 Å². The third-order valence-corrected chi connectivity index (χ3v) is 3.74. The van der Waals surface area contributed by atoms with Gasteiger partial charge in [0.25, 0.3) is 11.9 Å². The molecule has 1 fully saturated rings. The molecule has 7 nitrogen and oxygen atoms in total. The molecule has 0 radical (unpaired) electrons. The number of piperidine rings is 1. The molecule has 0 aromatic carbocycles. The van der Waals surface area contributed by atoms with Gasteiger partial charge in [0, 0.05) is 38.5 Å². The van der Waals surface area contributed by atoms with Gasteiger partial charge in [0.05, 0.1) is 0 Å². The van der Waals surface area contributed by atoms with Crippen LogP contribution in [-0.2, 0) is 11.8 Å². The SMILES string of the molecule is CC(=O)O.Cc1cc(=O)c(C(=O)NCC2CCNCC2)cn1C. The fourth-order valence-corrected chi connectivity index (χ4v) is 2.32. The minimum Gasteiger partial charge on any atom is -0.481 e. The molecule has 0 atom stereocenters. The molecule has 7 heteroatoms. The van der Waals surface area contributed by atoms with Gasteiger partial charge in [0.15, 0.2) is 5.43 Å². The third-order valence-electron chi connectivity index (χ3n) is 3.74. The van der Waals surface area contributed by atoms with E-state index in [4.69, 9.17) is 9.90 Å². The van der Waals surface area contributed by atoms with Gasteiger partial charge in [-0.15, -0.1) is 0 Å². The highest BCUT2D eigenvalue weighted by molar-refractivity contribution is 5.93. The fourth-order valence-electron chi connectivity index (χ4n) is 2.32. The summed E-state index contributed by atoms with van der Waals surface area (Å²) in [4.78, 5) is 32.8. The Morgan fingerprint density at radius 1 is 1.39 bits per heavy atom. The second-order valence-corrected chi connectivity index (χ2v) is 5.73. The van der Waals surface area contributed by atoms with Gasteiger partial charge in [-0.2, -0.15) is 0 Å². The molecule has 0 bridgehead atoms. The monoisotopic (exact) mass is 323 g/mol. The average Bonchev–Trinajstić information content (AvgIpc) is 2.49. The van der Waals surface area contributed by atoms with E-state index in [1.807, 2.05) is 14.0 Å². The van der Waals surface area contributed by atoms with Crippen molar-refractivity contribution < 1.29 is 14.7 Å². The largest absolute Gasteiger partial charge is 0.481 e. The van der Waals surface area contributed by atoms with Gasteiger partial charge in [-0.1, -0.05) is 0 Å². The molecule has 0 saturated carbocycles. The van der Waals surface area contributed by atoms with Gasteiger partial charge in [-0.3, -0.25) is 14.4 Å². The summed E-state index contributed by atoms with van der Waals surface area (Å²) >= 11 is 0. The predicted molar refractivity (Wildman–Crippen MR) is 87.7 cm³/mol. The van der Waals surface area contributed by atoms with Gasteiger partial charge < -0.3 is 20.3 Å². The van der Waals surface area contributed by atoms with Crippen LogP contribution >= 0.6 is 0 Å². The van der Waals surface area contributed by atoms with Crippen LogP contribution in [-0.4, -0.2) is 41.2 Å². The highest BCUT2D eigenvalue weighted by Crippen LogP contribution is 2.10. The molecule has 0 aliphatic carbocycles. The Hall–Kier alpha value is -2.15. The molecule has 1 aromatic heterocycles. The number of aliphatic carboxylic acids is 1. The maximum atomic E-state index is 12.0. The molecule has 2 rings (SSSR count). The van der Waals surface area contributed by atoms with Gasteiger partial charge in [0.1, 0.15) is 5.56 Å². The minimum absolute atomic E-state index is 0.210. The number of carbonyl (C=O) groups excluding carboxylic acids is 1. The summed E-state index contributed by atoms with van der Waals surface area (Å²) in [5, 5.41) is 13.6. The first-order valence-electron chi connectivity index (χ1n) is 7.67. The second-order valence-electron chi connectivity index (χ2n) is 5.73. The zero-order chi connectivity index (χ0) is 17.4. The lowest BCUT2D eigenvalue weighted by molar-refractivity contribution is -0.134. The fraction of sp³-hybridized carbons (Fsp3) is 0.562. The van der Waals surface area contributed by atoms with Crippen LogP contribution in [0.4, 0.5) is 0 Å². The van der Waals surface area contributed by atoms with Crippen LogP contribution in [0.1, 0.15) is 35.8 Å². The number of pyridine rings is 1. The molecule has 2 heterocycles. The number of hydrogen-bond acceptors (Lipinski definition) is 4. The first-order valence-corrected chi connectivity index (χ1v) is 7.67. The van der Waals surface area contributed by atoms with Crippen molar-refractivity contribution in [3.05, 3.63) is 33.7 Å². The van der Waals surface area contributed by atoms with Gasteiger partial charge in [0.2, 0.25) is 0 Å². The number of aromatic nitrogens is 1. The maximum Gasteiger partial charge on any atom is 0.300 e. The van der Waals surface area contributed by atoms with Crippen molar-refractivity contribution in [2.75, 3.05) is 19.6 Å². The van der Waals surface area contributed by atoms with E-state index in [1.165, 1.54) is 6.07 Å². The summed E-state index contributed by atoms with van der Waals surface area (Å²) in [6.45, 7) is 5.59. The van der Waals surface area contributed by atoms with Gasteiger partial charge >= 0.3 is 0 Å². The second kappa shape index (κ2) is 9.09. The molecule has 1 saturated heterocycles. The molecule has 1 aromatic rings. The Labute approximate surface area is 135 Å². The van der Waals surface area contributed by atoms with Crippen molar-refractivity contribution in [2.24, 2.45) is 13.0 Å². The Balaban J connectivity index is 0.000000593. The number of nitrogens with zero attached hydrogens (tertiary/aromatic N) is 1. The van der Waals surface area contributed by atoms with E-state index in [9.17, 15) is 9.59 Å². The lowest BCUT2D eigenvalue weighted by Crippen LogP contribution is -2.37. The zero-order valence-electron chi connectivity index (χ0n) is 13.9. The molecule has 0 unspecified atom stereocenters. The van der Waals surface area contributed by atoms with E-state index in [-0.39, 0.29) is 16.9 Å². The quantitative estimate of drug-likeness (QED) is 0.753. The molecule has 3 N–H and O–H groups in total. The van der Waals surface area contributed by atoms with Crippen molar-refractivity contribution >= 4 is 11.9 Å². The first-order chi connectivity index (χ1) is 10.8. The highest BCUT2D eigenvalue weighted by Gasteiger charge is 2.16. The first kappa shape index (κ1) is 18.9. The normalized spacial score (nSPS) is 14.6. The molecule has 1 aliphatic rings. The summed E-state index contributed by atoms with van der Waals surface area (Å²) in [5.41, 5.74) is 0.861. The average molecular weight is 323 g/mol. The molecule has 128 valence electrons. The van der Waals surface area contributed by atoms with Gasteiger partial charge in [-0.05, 0) is 38.8 Å². The molecule has 23 heavy (non-hydrogen) atoms. The van der Waals surface area contributed by atoms with Crippen molar-refractivity contribution in [1.82, 2.24) is 15.2 Å². The Morgan fingerprint density at radius 3 is 2.52 bits per heavy atom. The number of nitrogens with one attached hydrogen (secondary N) is 2. The van der Waals surface area contributed by atoms with E-state index < -0.39 is 5.97 Å². The zero-order valence-corrected chi connectivity index (χ0v) is 13.9. The number of aryl methyl sites for hydroxylation is 2. The van der Waals surface area contributed by atoms with Crippen LogP contribution in [0.25, 0.3) is 0 Å². The number of rotatable bonds is 3. The van der Waals surface area contributed by atoms with Crippen LogP contribution in [0, 0.1) is 12.8 Å². The minimum atomic E-state index is -0.833. The molecule has 1 amide bonds. The van der Waals surface area contributed by atoms with Crippen molar-refractivity contribution in [2.45, 2.75) is 26.7 Å². The summed E-state index contributed by atoms with van der Waals surface area (Å²) in [7, 11) is 1.83. The summed E-state index contributed by atoms with van der Waals surface area (Å²) < 4.78 is 1.79. The molecular formula is C16H25N3O4. The predicted octanol–water partition coefficient (Wildman–Crippen LogP) is 0.514. The summed E-state index contributed by atoms with van der Waals surface area (Å²) in [6.07, 6.45) is 3.76. The number of hydrogen-bond donors (Lipinski definition) is 3. The van der Waals surface area contributed by atoms with Crippen molar-refractivity contribution in [3.8, 4) is 0 Å². The van der Waals surface area contributed by atoms with Gasteiger partial charge in [-0.25, -0.2) is 0 Å². The van der Waals surface area contributed by atoms with E-state index in [0.29, 0.717) is 12.5 Å². The van der Waals surface area contributed by atoms with E-state index >= 15 is 0 Å². The van der Waals surface area contributed by atoms with Crippen molar-refractivity contribution in [3.63, 3.8) is 0 Å². The number of carboxylic acid groups (broad SMARTS) is 1. The number of carboxylic acids is 1. The van der Waals surface area contributed by atoms with E-state index in [0.717, 1.165) is 38.5 Å². The van der Waals surface area contributed by atoms with Crippen LogP contribution < -0.4 is 16.1 Å². The standard InChI is InChI=1S/C14H21N3O2.C2H4O2/c1-10-7-13(18)12(9-17(10)2)14(19)16-8-11-3-5-15-6-4-11;1-2(3)4/h7,9,11,15H,3-6,8H2,1-2H3,(H,16,19);1H3,(H,3,4). The van der Waals surface area contributed by atoms with Crippen LogP contribution in [0.3, 0.4) is 0 Å². The summed E-state index contributed by atoms with van der Waals surface area (Å²) in [6, 6.07) is 1.50. The molecule has 1 aliphatic heterocycles. The van der Waals surface area contributed by atoms with Crippen molar-refractivity contribution in [1.29, 1.82) is 0 Å². The van der Waals surface area contributed by atoms with Crippen LogP contribution in [0.15, 0.2) is 17.1 Å². The Morgan fingerprint density at radius 2 is 1.96 bits per heavy atom. The Bertz CT molecular complexity index is 600. The molecule has 0 spiro atoms. The van der Waals surface area contributed by atoms with E-state index in [2.05, 4.69) is 10.6 Å². The number of amides is 1.